The summed E-state index contributed by atoms with van der Waals surface area (Å²) in [5.74, 6) is 0. The Labute approximate surface area is 50.5 Å². The molecule has 2 heteroatoms. The van der Waals surface area contributed by atoms with Crippen LogP contribution in [0.25, 0.3) is 0 Å². The molecule has 1 nitrogen and oxygen atoms in total. The molecule has 0 aromatic carbocycles. The highest BCUT2D eigenvalue weighted by Crippen LogP contribution is 2.00. The van der Waals surface area contributed by atoms with Crippen LogP contribution in [0.5, 0.6) is 0 Å². The zero-order valence-electron chi connectivity index (χ0n) is 4.22. The predicted octanol–water partition coefficient (Wildman–Crippen LogP) is 1.42. The fraction of sp³-hybridized carbons (Fsp3) is 0.800. The first-order valence-electron chi connectivity index (χ1n) is 2.39. The van der Waals surface area contributed by atoms with Crippen LogP contribution < -0.4 is 0 Å². The van der Waals surface area contributed by atoms with E-state index in [-0.39, 0.29) is 12.4 Å². The van der Waals surface area contributed by atoms with Crippen LogP contribution in [-0.4, -0.2) is 13.2 Å². The van der Waals surface area contributed by atoms with Gasteiger partial charge in [0.2, 0.25) is 0 Å². The van der Waals surface area contributed by atoms with Crippen LogP contribution in [0.3, 0.4) is 0 Å². The number of halogens is 1. The normalized spacial score (nSPS) is 20.6. The number of hydrogen-bond donors (Lipinski definition) is 0. The molecule has 0 spiro atoms. The molecular weight excluding hydrogens is 112 g/mol. The molecule has 0 aromatic heterocycles. The summed E-state index contributed by atoms with van der Waals surface area (Å²) in [6.07, 6.45) is 4.57. The van der Waals surface area contributed by atoms with Crippen LogP contribution in [0.2, 0.25) is 0 Å². The van der Waals surface area contributed by atoms with Crippen molar-refractivity contribution in [3.63, 3.8) is 0 Å². The second-order valence-corrected chi connectivity index (χ2v) is 1.48. The molecule has 0 unspecified atom stereocenters. The topological polar surface area (TPSA) is 9.23 Å². The first-order chi connectivity index (χ1) is 3.00. The number of hydrogen-bond acceptors (Lipinski definition) is 1. The van der Waals surface area contributed by atoms with Crippen molar-refractivity contribution in [2.24, 2.45) is 0 Å². The largest absolute Gasteiger partial charge is 0.381 e. The van der Waals surface area contributed by atoms with Crippen LogP contribution in [0.4, 0.5) is 0 Å². The Balaban J connectivity index is 0.000000360. The summed E-state index contributed by atoms with van der Waals surface area (Å²) in [6.45, 7) is 1.89. The molecule has 0 saturated carbocycles. The molecule has 0 aliphatic carbocycles. The smallest absolute Gasteiger partial charge is 0.0468 e. The Hall–Kier alpha value is 0.250. The van der Waals surface area contributed by atoms with Crippen molar-refractivity contribution in [3.05, 3.63) is 6.42 Å². The lowest BCUT2D eigenvalue weighted by atomic mass is 10.2. The predicted molar refractivity (Wildman–Crippen MR) is 31.6 cm³/mol. The Morgan fingerprint density at radius 2 is 1.71 bits per heavy atom. The fourth-order valence-electron chi connectivity index (χ4n) is 0.580. The van der Waals surface area contributed by atoms with E-state index in [1.165, 1.54) is 0 Å². The summed E-state index contributed by atoms with van der Waals surface area (Å²) >= 11 is 0. The second kappa shape index (κ2) is 4.41. The van der Waals surface area contributed by atoms with Crippen LogP contribution in [-0.2, 0) is 4.74 Å². The van der Waals surface area contributed by atoms with Crippen molar-refractivity contribution in [1.29, 1.82) is 0 Å². The van der Waals surface area contributed by atoms with Gasteiger partial charge in [-0.15, -0.1) is 12.4 Å². The summed E-state index contributed by atoms with van der Waals surface area (Å²) in [6, 6.07) is 0. The molecule has 1 aliphatic rings. The summed E-state index contributed by atoms with van der Waals surface area (Å²) in [5, 5.41) is 0. The lowest BCUT2D eigenvalue weighted by molar-refractivity contribution is 0.117. The minimum atomic E-state index is 0. The van der Waals surface area contributed by atoms with Crippen LogP contribution in [0.1, 0.15) is 12.8 Å². The zero-order valence-corrected chi connectivity index (χ0v) is 5.04. The van der Waals surface area contributed by atoms with E-state index in [0.29, 0.717) is 0 Å². The first-order valence-corrected chi connectivity index (χ1v) is 2.39. The van der Waals surface area contributed by atoms with Gasteiger partial charge in [0.05, 0.1) is 0 Å². The van der Waals surface area contributed by atoms with Gasteiger partial charge in [0.15, 0.2) is 0 Å². The van der Waals surface area contributed by atoms with Crippen molar-refractivity contribution in [2.75, 3.05) is 13.2 Å². The third kappa shape index (κ3) is 2.89. The standard InChI is InChI=1S/C5H9O.ClH/c1-2-4-6-5-3-1;/h1H,2-5H2;1H. The quantitative estimate of drug-likeness (QED) is 0.471. The van der Waals surface area contributed by atoms with Crippen molar-refractivity contribution < 1.29 is 4.74 Å². The summed E-state index contributed by atoms with van der Waals surface area (Å²) < 4.78 is 5.04. The summed E-state index contributed by atoms with van der Waals surface area (Å²) in [5.41, 5.74) is 0. The molecule has 7 heavy (non-hydrogen) atoms. The molecular formula is C5H10ClO. The SMILES string of the molecule is Cl.[CH]1CCOCC1. The Morgan fingerprint density at radius 3 is 1.86 bits per heavy atom. The van der Waals surface area contributed by atoms with E-state index in [9.17, 15) is 0 Å². The lowest BCUT2D eigenvalue weighted by Gasteiger charge is -2.07. The molecule has 0 atom stereocenters. The van der Waals surface area contributed by atoms with Crippen molar-refractivity contribution in [3.8, 4) is 0 Å². The van der Waals surface area contributed by atoms with E-state index in [2.05, 4.69) is 6.42 Å². The Kier molecular flexibility index (Phi) is 4.57. The maximum Gasteiger partial charge on any atom is 0.0468 e. The van der Waals surface area contributed by atoms with Gasteiger partial charge in [-0.25, -0.2) is 0 Å². The van der Waals surface area contributed by atoms with Gasteiger partial charge >= 0.3 is 0 Å². The molecule has 0 N–H and O–H groups in total. The second-order valence-electron chi connectivity index (χ2n) is 1.48. The monoisotopic (exact) mass is 121 g/mol. The third-order valence-corrected chi connectivity index (χ3v) is 0.933. The zero-order chi connectivity index (χ0) is 4.24. The molecule has 43 valence electrons. The molecule has 1 fully saturated rings. The molecule has 1 heterocycles. The average Bonchev–Trinajstić information content (AvgIpc) is 1.72. The van der Waals surface area contributed by atoms with Gasteiger partial charge in [-0.2, -0.15) is 0 Å². The third-order valence-electron chi connectivity index (χ3n) is 0.933. The number of ether oxygens (including phenoxy) is 1. The van der Waals surface area contributed by atoms with Gasteiger partial charge < -0.3 is 4.74 Å². The first kappa shape index (κ1) is 7.25. The van der Waals surface area contributed by atoms with Gasteiger partial charge in [-0.05, 0) is 19.3 Å². The van der Waals surface area contributed by atoms with Gasteiger partial charge in [0.1, 0.15) is 0 Å². The molecule has 1 aliphatic heterocycles. The van der Waals surface area contributed by atoms with Gasteiger partial charge in [-0.3, -0.25) is 0 Å². The van der Waals surface area contributed by atoms with E-state index in [1.807, 2.05) is 0 Å². The fourth-order valence-corrected chi connectivity index (χ4v) is 0.580. The van der Waals surface area contributed by atoms with Gasteiger partial charge in [-0.1, -0.05) is 0 Å². The van der Waals surface area contributed by atoms with E-state index < -0.39 is 0 Å². The van der Waals surface area contributed by atoms with Gasteiger partial charge in [0.25, 0.3) is 0 Å². The molecule has 0 aromatic rings. The minimum Gasteiger partial charge on any atom is -0.381 e. The van der Waals surface area contributed by atoms with Crippen molar-refractivity contribution in [1.82, 2.24) is 0 Å². The molecule has 1 rings (SSSR count). The number of rotatable bonds is 0. The van der Waals surface area contributed by atoms with Crippen LogP contribution in [0, 0.1) is 6.42 Å². The molecule has 0 bridgehead atoms. The highest BCUT2D eigenvalue weighted by molar-refractivity contribution is 5.85. The van der Waals surface area contributed by atoms with Crippen molar-refractivity contribution >= 4 is 12.4 Å². The van der Waals surface area contributed by atoms with E-state index in [4.69, 9.17) is 4.74 Å². The maximum absolute atomic E-state index is 5.04. The molecule has 1 radical (unpaired) electrons. The van der Waals surface area contributed by atoms with E-state index in [0.717, 1.165) is 26.1 Å². The minimum absolute atomic E-state index is 0. The summed E-state index contributed by atoms with van der Waals surface area (Å²) in [7, 11) is 0. The van der Waals surface area contributed by atoms with Crippen LogP contribution in [0.15, 0.2) is 0 Å². The summed E-state index contributed by atoms with van der Waals surface area (Å²) in [4.78, 5) is 0. The molecule has 1 saturated heterocycles. The lowest BCUT2D eigenvalue weighted by Crippen LogP contribution is -2.03. The van der Waals surface area contributed by atoms with Crippen molar-refractivity contribution in [2.45, 2.75) is 12.8 Å². The molecule has 0 amide bonds. The van der Waals surface area contributed by atoms with E-state index >= 15 is 0 Å². The Bertz CT molecular complexity index is 23.6. The van der Waals surface area contributed by atoms with E-state index in [1.54, 1.807) is 0 Å². The Morgan fingerprint density at radius 1 is 1.14 bits per heavy atom. The van der Waals surface area contributed by atoms with Gasteiger partial charge in [0, 0.05) is 13.2 Å². The van der Waals surface area contributed by atoms with Crippen LogP contribution >= 0.6 is 12.4 Å². The maximum atomic E-state index is 5.04. The highest BCUT2D eigenvalue weighted by atomic mass is 35.5. The highest BCUT2D eigenvalue weighted by Gasteiger charge is 1.95. The average molecular weight is 122 g/mol.